The smallest absolute Gasteiger partial charge is 0.0951 e. The minimum Gasteiger partial charge on any atom is -0.393 e. The zero-order valence-electron chi connectivity index (χ0n) is 13.1. The summed E-state index contributed by atoms with van der Waals surface area (Å²) in [6.45, 7) is 8.39. The number of likely N-dealkylation sites (tertiary alicyclic amines) is 1. The number of hydrogen-bond acceptors (Lipinski definition) is 3. The molecule has 2 atom stereocenters. The highest BCUT2D eigenvalue weighted by molar-refractivity contribution is 5.00. The van der Waals surface area contributed by atoms with Crippen LogP contribution in [0.25, 0.3) is 0 Å². The third-order valence-electron chi connectivity index (χ3n) is 4.28. The van der Waals surface area contributed by atoms with Gasteiger partial charge in [-0.3, -0.25) is 4.90 Å². The van der Waals surface area contributed by atoms with Crippen LogP contribution in [0.1, 0.15) is 64.6 Å². The molecule has 1 aliphatic heterocycles. The second-order valence-corrected chi connectivity index (χ2v) is 6.44. The summed E-state index contributed by atoms with van der Waals surface area (Å²) in [7, 11) is 0. The topological polar surface area (TPSA) is 41.3 Å². The van der Waals surface area contributed by atoms with Gasteiger partial charge in [0.1, 0.15) is 0 Å². The predicted octanol–water partition coefficient (Wildman–Crippen LogP) is 2.98. The second-order valence-electron chi connectivity index (χ2n) is 6.44. The quantitative estimate of drug-likeness (QED) is 0.901. The van der Waals surface area contributed by atoms with Gasteiger partial charge in [0.2, 0.25) is 0 Å². The van der Waals surface area contributed by atoms with Crippen LogP contribution in [-0.4, -0.2) is 38.2 Å². The van der Waals surface area contributed by atoms with E-state index < -0.39 is 0 Å². The minimum atomic E-state index is -0.212. The molecule has 0 saturated carbocycles. The van der Waals surface area contributed by atoms with Gasteiger partial charge >= 0.3 is 0 Å². The summed E-state index contributed by atoms with van der Waals surface area (Å²) in [4.78, 5) is 6.86. The van der Waals surface area contributed by atoms with Crippen LogP contribution in [0.4, 0.5) is 0 Å². The molecule has 0 aromatic carbocycles. The Morgan fingerprint density at radius 1 is 1.30 bits per heavy atom. The molecule has 2 unspecified atom stereocenters. The molecule has 114 valence electrons. The molecule has 1 aromatic rings. The van der Waals surface area contributed by atoms with Crippen LogP contribution in [0.15, 0.2) is 12.5 Å². The average Bonchev–Trinajstić information content (AvgIpc) is 2.73. The lowest BCUT2D eigenvalue weighted by Crippen LogP contribution is -2.37. The molecule has 1 saturated heterocycles. The van der Waals surface area contributed by atoms with Crippen molar-refractivity contribution in [3.63, 3.8) is 0 Å². The van der Waals surface area contributed by atoms with Crippen LogP contribution < -0.4 is 0 Å². The molecule has 0 bridgehead atoms. The van der Waals surface area contributed by atoms with Gasteiger partial charge in [-0.1, -0.05) is 12.8 Å². The van der Waals surface area contributed by atoms with E-state index in [1.807, 2.05) is 19.4 Å². The van der Waals surface area contributed by atoms with Crippen LogP contribution in [0.2, 0.25) is 0 Å². The molecule has 0 radical (unpaired) electrons. The third kappa shape index (κ3) is 4.06. The maximum Gasteiger partial charge on any atom is 0.0951 e. The summed E-state index contributed by atoms with van der Waals surface area (Å²) in [5.74, 6) is 0. The monoisotopic (exact) mass is 279 g/mol. The Balaban J connectivity index is 2.08. The Labute approximate surface area is 122 Å². The Morgan fingerprint density at radius 3 is 2.80 bits per heavy atom. The lowest BCUT2D eigenvalue weighted by atomic mass is 10.0. The maximum atomic E-state index is 9.74. The van der Waals surface area contributed by atoms with E-state index in [4.69, 9.17) is 0 Å². The van der Waals surface area contributed by atoms with E-state index in [0.29, 0.717) is 12.1 Å². The number of aliphatic hydroxyl groups excluding tert-OH is 1. The zero-order chi connectivity index (χ0) is 14.5. The van der Waals surface area contributed by atoms with Crippen LogP contribution in [0, 0.1) is 0 Å². The van der Waals surface area contributed by atoms with Crippen LogP contribution in [0.5, 0.6) is 0 Å². The molecule has 20 heavy (non-hydrogen) atoms. The first-order valence-corrected chi connectivity index (χ1v) is 8.00. The van der Waals surface area contributed by atoms with Gasteiger partial charge in [0.15, 0.2) is 0 Å². The Bertz CT molecular complexity index is 400. The fraction of sp³-hybridized carbons (Fsp3) is 0.812. The van der Waals surface area contributed by atoms with Crippen molar-refractivity contribution in [2.75, 3.05) is 6.54 Å². The summed E-state index contributed by atoms with van der Waals surface area (Å²) < 4.78 is 2.25. The van der Waals surface area contributed by atoms with Crippen molar-refractivity contribution in [2.45, 2.75) is 77.6 Å². The van der Waals surface area contributed by atoms with E-state index in [0.717, 1.165) is 19.5 Å². The zero-order valence-corrected chi connectivity index (χ0v) is 13.1. The van der Waals surface area contributed by atoms with Gasteiger partial charge in [-0.2, -0.15) is 0 Å². The van der Waals surface area contributed by atoms with Gasteiger partial charge in [-0.05, 0) is 46.6 Å². The van der Waals surface area contributed by atoms with Crippen molar-refractivity contribution in [3.05, 3.63) is 18.2 Å². The molecule has 0 amide bonds. The Morgan fingerprint density at radius 2 is 2.10 bits per heavy atom. The highest BCUT2D eigenvalue weighted by atomic mass is 16.3. The van der Waals surface area contributed by atoms with Crippen molar-refractivity contribution in [3.8, 4) is 0 Å². The summed E-state index contributed by atoms with van der Waals surface area (Å²) in [5.41, 5.74) is 1.29. The Kier molecular flexibility index (Phi) is 5.61. The van der Waals surface area contributed by atoms with Crippen molar-refractivity contribution in [1.82, 2.24) is 14.5 Å². The molecule has 1 aromatic heterocycles. The van der Waals surface area contributed by atoms with E-state index in [-0.39, 0.29) is 6.10 Å². The van der Waals surface area contributed by atoms with Crippen molar-refractivity contribution >= 4 is 0 Å². The van der Waals surface area contributed by atoms with E-state index in [1.54, 1.807) is 0 Å². The fourth-order valence-electron chi connectivity index (χ4n) is 3.23. The Hall–Kier alpha value is -0.870. The highest BCUT2D eigenvalue weighted by Crippen LogP contribution is 2.23. The van der Waals surface area contributed by atoms with E-state index in [2.05, 4.69) is 28.3 Å². The highest BCUT2D eigenvalue weighted by Gasteiger charge is 2.23. The lowest BCUT2D eigenvalue weighted by molar-refractivity contribution is 0.106. The summed E-state index contributed by atoms with van der Waals surface area (Å²) in [6.07, 6.45) is 9.68. The largest absolute Gasteiger partial charge is 0.393 e. The van der Waals surface area contributed by atoms with Gasteiger partial charge in [0, 0.05) is 24.8 Å². The van der Waals surface area contributed by atoms with Crippen LogP contribution in [-0.2, 0) is 6.54 Å². The molecule has 1 aliphatic rings. The van der Waals surface area contributed by atoms with Gasteiger partial charge in [0.25, 0.3) is 0 Å². The normalized spacial score (nSPS) is 22.9. The predicted molar refractivity (Wildman–Crippen MR) is 81.6 cm³/mol. The lowest BCUT2D eigenvalue weighted by Gasteiger charge is -2.31. The SMILES string of the molecule is CC(O)CC1CCCCCN1Cc1cncn1C(C)C. The first-order chi connectivity index (χ1) is 9.58. The number of aliphatic hydroxyl groups is 1. The molecule has 0 aliphatic carbocycles. The molecular formula is C16H29N3O. The number of hydrogen-bond donors (Lipinski definition) is 1. The standard InChI is InChI=1S/C16H29N3O/c1-13(2)19-12-17-10-16(19)11-18-8-6-4-5-7-15(18)9-14(3)20/h10,12-15,20H,4-9,11H2,1-3H3. The number of imidazole rings is 1. The molecule has 2 rings (SSSR count). The van der Waals surface area contributed by atoms with Crippen molar-refractivity contribution in [1.29, 1.82) is 0 Å². The minimum absolute atomic E-state index is 0.212. The summed E-state index contributed by atoms with van der Waals surface area (Å²) in [5, 5.41) is 9.74. The van der Waals surface area contributed by atoms with Gasteiger partial charge in [0.05, 0.1) is 18.1 Å². The van der Waals surface area contributed by atoms with Crippen LogP contribution in [0.3, 0.4) is 0 Å². The van der Waals surface area contributed by atoms with Gasteiger partial charge in [-0.15, -0.1) is 0 Å². The number of aromatic nitrogens is 2. The third-order valence-corrected chi connectivity index (χ3v) is 4.28. The molecule has 1 N–H and O–H groups in total. The van der Waals surface area contributed by atoms with Crippen molar-refractivity contribution in [2.24, 2.45) is 0 Å². The summed E-state index contributed by atoms with van der Waals surface area (Å²) in [6, 6.07) is 0.961. The maximum absolute atomic E-state index is 9.74. The van der Waals surface area contributed by atoms with E-state index >= 15 is 0 Å². The number of nitrogens with zero attached hydrogens (tertiary/aromatic N) is 3. The first-order valence-electron chi connectivity index (χ1n) is 8.00. The first kappa shape index (κ1) is 15.5. The van der Waals surface area contributed by atoms with Crippen molar-refractivity contribution < 1.29 is 5.11 Å². The molecule has 4 heteroatoms. The molecule has 2 heterocycles. The molecule has 1 fully saturated rings. The average molecular weight is 279 g/mol. The molecule has 0 spiro atoms. The number of rotatable bonds is 5. The summed E-state index contributed by atoms with van der Waals surface area (Å²) >= 11 is 0. The molecular weight excluding hydrogens is 250 g/mol. The molecule has 4 nitrogen and oxygen atoms in total. The fourth-order valence-corrected chi connectivity index (χ4v) is 3.23. The van der Waals surface area contributed by atoms with E-state index in [1.165, 1.54) is 31.4 Å². The van der Waals surface area contributed by atoms with E-state index in [9.17, 15) is 5.11 Å². The van der Waals surface area contributed by atoms with Gasteiger partial charge in [-0.25, -0.2) is 4.98 Å². The van der Waals surface area contributed by atoms with Crippen LogP contribution >= 0.6 is 0 Å². The second kappa shape index (κ2) is 7.23. The van der Waals surface area contributed by atoms with Gasteiger partial charge < -0.3 is 9.67 Å².